The van der Waals surface area contributed by atoms with Gasteiger partial charge < -0.3 is 9.47 Å². The Morgan fingerprint density at radius 1 is 0.960 bits per heavy atom. The topological polar surface area (TPSA) is 59.9 Å². The van der Waals surface area contributed by atoms with Crippen molar-refractivity contribution < 1.29 is 14.3 Å². The van der Waals surface area contributed by atoms with Crippen LogP contribution in [0.15, 0.2) is 65.8 Å². The maximum Gasteiger partial charge on any atom is 0.271 e. The second kappa shape index (κ2) is 7.49. The summed E-state index contributed by atoms with van der Waals surface area (Å²) in [5.41, 5.74) is 3.91. The van der Waals surface area contributed by atoms with E-state index in [1.54, 1.807) is 31.5 Å². The van der Waals surface area contributed by atoms with Gasteiger partial charge in [0.05, 0.1) is 20.4 Å². The third-order valence-corrected chi connectivity index (χ3v) is 3.84. The largest absolute Gasteiger partial charge is 0.493 e. The Labute approximate surface area is 145 Å². The van der Waals surface area contributed by atoms with Crippen molar-refractivity contribution in [3.8, 4) is 11.5 Å². The van der Waals surface area contributed by atoms with Crippen LogP contribution in [0, 0.1) is 0 Å². The number of ether oxygens (including phenoxy) is 2. The molecule has 0 spiro atoms. The third-order valence-electron chi connectivity index (χ3n) is 3.84. The molecule has 1 amide bonds. The van der Waals surface area contributed by atoms with E-state index in [2.05, 4.69) is 10.5 Å². The molecule has 0 aliphatic heterocycles. The fourth-order valence-corrected chi connectivity index (χ4v) is 2.57. The summed E-state index contributed by atoms with van der Waals surface area (Å²) < 4.78 is 10.4. The van der Waals surface area contributed by atoms with Crippen LogP contribution in [0.3, 0.4) is 0 Å². The first-order chi connectivity index (χ1) is 12.2. The summed E-state index contributed by atoms with van der Waals surface area (Å²) in [5, 5.41) is 6.27. The molecule has 0 saturated heterocycles. The van der Waals surface area contributed by atoms with Crippen molar-refractivity contribution in [3.63, 3.8) is 0 Å². The van der Waals surface area contributed by atoms with Crippen LogP contribution < -0.4 is 14.9 Å². The maximum absolute atomic E-state index is 12.2. The number of benzene rings is 3. The van der Waals surface area contributed by atoms with Crippen molar-refractivity contribution in [2.24, 2.45) is 5.10 Å². The van der Waals surface area contributed by atoms with Gasteiger partial charge in [0, 0.05) is 11.1 Å². The van der Waals surface area contributed by atoms with E-state index < -0.39 is 0 Å². The molecule has 5 heteroatoms. The van der Waals surface area contributed by atoms with Crippen LogP contribution in [0.25, 0.3) is 10.8 Å². The number of carbonyl (C=O) groups excluding carboxylic acids is 1. The molecule has 126 valence electrons. The first-order valence-corrected chi connectivity index (χ1v) is 7.76. The Morgan fingerprint density at radius 3 is 2.52 bits per heavy atom. The molecule has 0 aromatic heterocycles. The predicted molar refractivity (Wildman–Crippen MR) is 98.6 cm³/mol. The molecule has 0 fully saturated rings. The summed E-state index contributed by atoms with van der Waals surface area (Å²) in [7, 11) is 3.07. The lowest BCUT2D eigenvalue weighted by Gasteiger charge is -2.08. The fraction of sp³-hybridized carbons (Fsp3) is 0.100. The standard InChI is InChI=1S/C20H18N2O3/c1-24-18-11-10-15(12-19(18)25-2)20(23)22-21-13-16-8-5-7-14-6-3-4-9-17(14)16/h3-13H,1-2H3,(H,22,23)/b21-13+. The summed E-state index contributed by atoms with van der Waals surface area (Å²) in [6.45, 7) is 0. The number of amides is 1. The number of hydrogen-bond donors (Lipinski definition) is 1. The zero-order valence-corrected chi connectivity index (χ0v) is 14.0. The number of rotatable bonds is 5. The zero-order valence-electron chi connectivity index (χ0n) is 14.0. The normalized spacial score (nSPS) is 10.8. The van der Waals surface area contributed by atoms with Crippen LogP contribution in [0.5, 0.6) is 11.5 Å². The highest BCUT2D eigenvalue weighted by molar-refractivity contribution is 6.00. The zero-order chi connectivity index (χ0) is 17.6. The molecule has 0 unspecified atom stereocenters. The predicted octanol–water partition coefficient (Wildman–Crippen LogP) is 3.62. The van der Waals surface area contributed by atoms with Crippen molar-refractivity contribution in [2.75, 3.05) is 14.2 Å². The van der Waals surface area contributed by atoms with Crippen molar-refractivity contribution in [2.45, 2.75) is 0 Å². The van der Waals surface area contributed by atoms with Crippen molar-refractivity contribution in [1.82, 2.24) is 5.43 Å². The molecule has 0 bridgehead atoms. The molecule has 25 heavy (non-hydrogen) atoms. The Bertz CT molecular complexity index is 930. The first kappa shape index (κ1) is 16.5. The van der Waals surface area contributed by atoms with Gasteiger partial charge in [-0.05, 0) is 29.0 Å². The van der Waals surface area contributed by atoms with Gasteiger partial charge in [-0.25, -0.2) is 5.43 Å². The summed E-state index contributed by atoms with van der Waals surface area (Å²) in [6.07, 6.45) is 1.64. The number of hydrogen-bond acceptors (Lipinski definition) is 4. The Morgan fingerprint density at radius 2 is 1.72 bits per heavy atom. The number of hydrazone groups is 1. The van der Waals surface area contributed by atoms with Crippen molar-refractivity contribution in [3.05, 3.63) is 71.8 Å². The fourth-order valence-electron chi connectivity index (χ4n) is 2.57. The van der Waals surface area contributed by atoms with E-state index in [4.69, 9.17) is 9.47 Å². The van der Waals surface area contributed by atoms with Gasteiger partial charge in [-0.1, -0.05) is 42.5 Å². The molecule has 3 aromatic rings. The molecule has 0 heterocycles. The van der Waals surface area contributed by atoms with E-state index >= 15 is 0 Å². The lowest BCUT2D eigenvalue weighted by atomic mass is 10.1. The van der Waals surface area contributed by atoms with Gasteiger partial charge >= 0.3 is 0 Å². The van der Waals surface area contributed by atoms with E-state index in [1.165, 1.54) is 7.11 Å². The van der Waals surface area contributed by atoms with Crippen LogP contribution in [0.4, 0.5) is 0 Å². The van der Waals surface area contributed by atoms with E-state index in [0.717, 1.165) is 16.3 Å². The minimum atomic E-state index is -0.322. The molecule has 0 saturated carbocycles. The summed E-state index contributed by atoms with van der Waals surface area (Å²) in [5.74, 6) is 0.740. The lowest BCUT2D eigenvalue weighted by molar-refractivity contribution is 0.0954. The van der Waals surface area contributed by atoms with Crippen molar-refractivity contribution in [1.29, 1.82) is 0 Å². The molecule has 1 N–H and O–H groups in total. The highest BCUT2D eigenvalue weighted by Crippen LogP contribution is 2.27. The lowest BCUT2D eigenvalue weighted by Crippen LogP contribution is -2.17. The Balaban J connectivity index is 1.76. The number of carbonyl (C=O) groups is 1. The average molecular weight is 334 g/mol. The maximum atomic E-state index is 12.2. The average Bonchev–Trinajstić information content (AvgIpc) is 2.67. The Kier molecular flexibility index (Phi) is 4.95. The smallest absolute Gasteiger partial charge is 0.271 e. The van der Waals surface area contributed by atoms with Crippen molar-refractivity contribution >= 4 is 22.9 Å². The van der Waals surface area contributed by atoms with Crippen LogP contribution in [-0.4, -0.2) is 26.3 Å². The van der Waals surface area contributed by atoms with Gasteiger partial charge in [0.25, 0.3) is 5.91 Å². The van der Waals surface area contributed by atoms with Gasteiger partial charge in [0.1, 0.15) is 0 Å². The summed E-state index contributed by atoms with van der Waals surface area (Å²) >= 11 is 0. The number of fused-ring (bicyclic) bond motifs is 1. The Hall–Kier alpha value is -3.34. The minimum Gasteiger partial charge on any atom is -0.493 e. The molecule has 0 aliphatic rings. The van der Waals surface area contributed by atoms with Crippen LogP contribution in [-0.2, 0) is 0 Å². The van der Waals surface area contributed by atoms with Gasteiger partial charge in [-0.15, -0.1) is 0 Å². The molecule has 0 radical (unpaired) electrons. The monoisotopic (exact) mass is 334 g/mol. The summed E-state index contributed by atoms with van der Waals surface area (Å²) in [6, 6.07) is 18.9. The third kappa shape index (κ3) is 3.61. The van der Waals surface area contributed by atoms with Crippen LogP contribution in [0.2, 0.25) is 0 Å². The SMILES string of the molecule is COc1ccc(C(=O)N/N=C/c2cccc3ccccc23)cc1OC. The number of nitrogens with one attached hydrogen (secondary N) is 1. The number of methoxy groups -OCH3 is 2. The van der Waals surface area contributed by atoms with Crippen LogP contribution in [0.1, 0.15) is 15.9 Å². The van der Waals surface area contributed by atoms with Gasteiger partial charge in [-0.3, -0.25) is 4.79 Å². The van der Waals surface area contributed by atoms with E-state index in [9.17, 15) is 4.79 Å². The molecular formula is C20H18N2O3. The highest BCUT2D eigenvalue weighted by Gasteiger charge is 2.10. The molecule has 3 rings (SSSR count). The van der Waals surface area contributed by atoms with Gasteiger partial charge in [0.2, 0.25) is 0 Å². The van der Waals surface area contributed by atoms with Gasteiger partial charge in [0.15, 0.2) is 11.5 Å². The molecule has 0 aliphatic carbocycles. The molecule has 0 atom stereocenters. The quantitative estimate of drug-likeness (QED) is 0.573. The molecular weight excluding hydrogens is 316 g/mol. The second-order valence-electron chi connectivity index (χ2n) is 5.34. The van der Waals surface area contributed by atoms with E-state index in [0.29, 0.717) is 17.1 Å². The molecule has 5 nitrogen and oxygen atoms in total. The van der Waals surface area contributed by atoms with E-state index in [-0.39, 0.29) is 5.91 Å². The summed E-state index contributed by atoms with van der Waals surface area (Å²) in [4.78, 5) is 12.2. The first-order valence-electron chi connectivity index (χ1n) is 7.76. The highest BCUT2D eigenvalue weighted by atomic mass is 16.5. The van der Waals surface area contributed by atoms with Gasteiger partial charge in [-0.2, -0.15) is 5.10 Å². The minimum absolute atomic E-state index is 0.322. The number of nitrogens with zero attached hydrogens (tertiary/aromatic N) is 1. The molecule has 3 aromatic carbocycles. The van der Waals surface area contributed by atoms with E-state index in [1.807, 2.05) is 42.5 Å². The van der Waals surface area contributed by atoms with Crippen LogP contribution >= 0.6 is 0 Å². The second-order valence-corrected chi connectivity index (χ2v) is 5.34.